The standard InChI is InChI=1S/C19H25N5O2.C2HF3O2/c1-13(2)9-17(25)24-8-7-23-12-16(22-18(23)14(24)3)19(26)21-11-15-5-4-6-20-10-15;3-2(4,5)1(6)7/h4-6,10,12-14H,7-9,11H2,1-3H3,(H,21,26);(H,6,7). The molecule has 2 aromatic heterocycles. The maximum absolute atomic E-state index is 12.4. The van der Waals surface area contributed by atoms with Crippen molar-refractivity contribution in [2.75, 3.05) is 6.54 Å². The smallest absolute Gasteiger partial charge is 0.475 e. The molecule has 3 heterocycles. The van der Waals surface area contributed by atoms with Crippen molar-refractivity contribution in [1.29, 1.82) is 0 Å². The number of halogens is 3. The number of alkyl halides is 3. The van der Waals surface area contributed by atoms with E-state index >= 15 is 0 Å². The molecule has 180 valence electrons. The number of pyridine rings is 1. The average molecular weight is 469 g/mol. The minimum atomic E-state index is -5.08. The minimum absolute atomic E-state index is 0.130. The van der Waals surface area contributed by atoms with Crippen LogP contribution in [0.5, 0.6) is 0 Å². The summed E-state index contributed by atoms with van der Waals surface area (Å²) in [5.41, 5.74) is 1.32. The van der Waals surface area contributed by atoms with Gasteiger partial charge in [-0.2, -0.15) is 13.2 Å². The summed E-state index contributed by atoms with van der Waals surface area (Å²) in [6.45, 7) is 7.76. The van der Waals surface area contributed by atoms with Crippen molar-refractivity contribution in [1.82, 2.24) is 24.8 Å². The molecule has 0 fully saturated rings. The van der Waals surface area contributed by atoms with Crippen molar-refractivity contribution in [3.05, 3.63) is 47.8 Å². The summed E-state index contributed by atoms with van der Waals surface area (Å²) in [4.78, 5) is 44.1. The van der Waals surface area contributed by atoms with E-state index in [4.69, 9.17) is 9.90 Å². The number of nitrogens with zero attached hydrogens (tertiary/aromatic N) is 4. The second-order valence-electron chi connectivity index (χ2n) is 7.89. The topological polar surface area (TPSA) is 117 Å². The third-order valence-corrected chi connectivity index (χ3v) is 4.78. The Morgan fingerprint density at radius 3 is 2.48 bits per heavy atom. The molecular weight excluding hydrogens is 443 g/mol. The van der Waals surface area contributed by atoms with Gasteiger partial charge >= 0.3 is 12.1 Å². The zero-order valence-corrected chi connectivity index (χ0v) is 18.5. The molecule has 2 amide bonds. The molecule has 1 aliphatic heterocycles. The van der Waals surface area contributed by atoms with E-state index in [1.54, 1.807) is 18.6 Å². The van der Waals surface area contributed by atoms with Crippen LogP contribution in [-0.2, 0) is 22.7 Å². The molecule has 9 nitrogen and oxygen atoms in total. The Hall–Kier alpha value is -3.44. The van der Waals surface area contributed by atoms with E-state index in [0.29, 0.717) is 37.7 Å². The number of nitrogens with one attached hydrogen (secondary N) is 1. The Balaban J connectivity index is 0.000000479. The average Bonchev–Trinajstić information content (AvgIpc) is 3.17. The number of carboxylic acids is 1. The number of fused-ring (bicyclic) bond motifs is 1. The Bertz CT molecular complexity index is 976. The fourth-order valence-corrected chi connectivity index (χ4v) is 3.18. The van der Waals surface area contributed by atoms with Crippen LogP contribution >= 0.6 is 0 Å². The van der Waals surface area contributed by atoms with E-state index in [0.717, 1.165) is 11.4 Å². The van der Waals surface area contributed by atoms with Crippen LogP contribution in [0.4, 0.5) is 13.2 Å². The SMILES string of the molecule is CC(C)CC(=O)N1CCn2cc(C(=O)NCc3cccnc3)nc2C1C.O=C(O)C(F)(F)F. The van der Waals surface area contributed by atoms with Crippen LogP contribution < -0.4 is 5.32 Å². The van der Waals surface area contributed by atoms with Crippen LogP contribution in [0.2, 0.25) is 0 Å². The number of carbonyl (C=O) groups excluding carboxylic acids is 2. The second-order valence-corrected chi connectivity index (χ2v) is 7.89. The van der Waals surface area contributed by atoms with Crippen LogP contribution in [0.15, 0.2) is 30.7 Å². The maximum Gasteiger partial charge on any atom is 0.490 e. The Kier molecular flexibility index (Phi) is 8.55. The third kappa shape index (κ3) is 7.29. The van der Waals surface area contributed by atoms with Gasteiger partial charge < -0.3 is 19.9 Å². The number of aromatic nitrogens is 3. The molecule has 0 saturated carbocycles. The van der Waals surface area contributed by atoms with Crippen molar-refractivity contribution >= 4 is 17.8 Å². The number of hydrogen-bond donors (Lipinski definition) is 2. The molecule has 2 aromatic rings. The van der Waals surface area contributed by atoms with E-state index in [2.05, 4.69) is 15.3 Å². The summed E-state index contributed by atoms with van der Waals surface area (Å²) in [6.07, 6.45) is 0.638. The molecule has 3 rings (SSSR count). The van der Waals surface area contributed by atoms with Crippen LogP contribution in [0.25, 0.3) is 0 Å². The van der Waals surface area contributed by atoms with Crippen LogP contribution in [0.3, 0.4) is 0 Å². The van der Waals surface area contributed by atoms with Gasteiger partial charge in [0.25, 0.3) is 5.91 Å². The van der Waals surface area contributed by atoms with E-state index in [9.17, 15) is 22.8 Å². The van der Waals surface area contributed by atoms with Gasteiger partial charge in [-0.15, -0.1) is 0 Å². The van der Waals surface area contributed by atoms with E-state index < -0.39 is 12.1 Å². The molecule has 2 N–H and O–H groups in total. The largest absolute Gasteiger partial charge is 0.490 e. The highest BCUT2D eigenvalue weighted by Gasteiger charge is 2.38. The molecular formula is C21H26F3N5O4. The summed E-state index contributed by atoms with van der Waals surface area (Å²) in [5.74, 6) is -1.75. The Morgan fingerprint density at radius 2 is 1.94 bits per heavy atom. The summed E-state index contributed by atoms with van der Waals surface area (Å²) in [7, 11) is 0. The van der Waals surface area contributed by atoms with Gasteiger partial charge in [-0.3, -0.25) is 14.6 Å². The summed E-state index contributed by atoms with van der Waals surface area (Å²) in [5, 5.41) is 9.99. The lowest BCUT2D eigenvalue weighted by molar-refractivity contribution is -0.192. The van der Waals surface area contributed by atoms with Crippen molar-refractivity contribution in [2.45, 2.75) is 52.5 Å². The molecule has 0 radical (unpaired) electrons. The van der Waals surface area contributed by atoms with Crippen molar-refractivity contribution in [2.24, 2.45) is 5.92 Å². The zero-order valence-electron chi connectivity index (χ0n) is 18.5. The first-order valence-corrected chi connectivity index (χ1v) is 10.2. The van der Waals surface area contributed by atoms with Gasteiger partial charge in [0.05, 0.1) is 6.04 Å². The summed E-state index contributed by atoms with van der Waals surface area (Å²) >= 11 is 0. The Labute approximate surface area is 188 Å². The number of aliphatic carboxylic acids is 1. The normalized spacial score (nSPS) is 15.4. The van der Waals surface area contributed by atoms with E-state index in [1.807, 2.05) is 42.4 Å². The third-order valence-electron chi connectivity index (χ3n) is 4.78. The molecule has 0 spiro atoms. The van der Waals surface area contributed by atoms with Gasteiger partial charge in [-0.1, -0.05) is 19.9 Å². The highest BCUT2D eigenvalue weighted by Crippen LogP contribution is 2.26. The van der Waals surface area contributed by atoms with E-state index in [-0.39, 0.29) is 17.9 Å². The number of amides is 2. The highest BCUT2D eigenvalue weighted by molar-refractivity contribution is 5.92. The minimum Gasteiger partial charge on any atom is -0.475 e. The molecule has 0 bridgehead atoms. The van der Waals surface area contributed by atoms with Crippen LogP contribution in [-0.4, -0.2) is 55.0 Å². The van der Waals surface area contributed by atoms with Crippen molar-refractivity contribution < 1.29 is 32.7 Å². The number of carbonyl (C=O) groups is 3. The maximum atomic E-state index is 12.4. The van der Waals surface area contributed by atoms with Crippen LogP contribution in [0.1, 0.15) is 55.1 Å². The van der Waals surface area contributed by atoms with Crippen LogP contribution in [0, 0.1) is 5.92 Å². The van der Waals surface area contributed by atoms with Crippen molar-refractivity contribution in [3.8, 4) is 0 Å². The second kappa shape index (κ2) is 10.9. The first kappa shape index (κ1) is 25.8. The lowest BCUT2D eigenvalue weighted by Crippen LogP contribution is -2.41. The van der Waals surface area contributed by atoms with Gasteiger partial charge in [-0.25, -0.2) is 9.78 Å². The molecule has 33 heavy (non-hydrogen) atoms. The van der Waals surface area contributed by atoms with Gasteiger partial charge in [0.2, 0.25) is 5.91 Å². The predicted molar refractivity (Wildman–Crippen MR) is 111 cm³/mol. The lowest BCUT2D eigenvalue weighted by Gasteiger charge is -2.34. The first-order chi connectivity index (χ1) is 15.4. The molecule has 0 saturated heterocycles. The number of hydrogen-bond acceptors (Lipinski definition) is 5. The number of imidazole rings is 1. The molecule has 1 aliphatic rings. The van der Waals surface area contributed by atoms with Gasteiger partial charge in [0.1, 0.15) is 11.5 Å². The van der Waals surface area contributed by atoms with Gasteiger partial charge in [0.15, 0.2) is 0 Å². The fourth-order valence-electron chi connectivity index (χ4n) is 3.18. The molecule has 1 atom stereocenters. The molecule has 12 heteroatoms. The highest BCUT2D eigenvalue weighted by atomic mass is 19.4. The monoisotopic (exact) mass is 469 g/mol. The Morgan fingerprint density at radius 1 is 1.27 bits per heavy atom. The fraction of sp³-hybridized carbons (Fsp3) is 0.476. The first-order valence-electron chi connectivity index (χ1n) is 10.2. The van der Waals surface area contributed by atoms with E-state index in [1.165, 1.54) is 0 Å². The molecule has 0 aromatic carbocycles. The summed E-state index contributed by atoms with van der Waals surface area (Å²) in [6, 6.07) is 3.61. The van der Waals surface area contributed by atoms with Crippen molar-refractivity contribution in [3.63, 3.8) is 0 Å². The number of rotatable bonds is 5. The lowest BCUT2D eigenvalue weighted by atomic mass is 10.1. The quantitative estimate of drug-likeness (QED) is 0.696. The molecule has 1 unspecified atom stereocenters. The van der Waals surface area contributed by atoms with Gasteiger partial charge in [0, 0.05) is 44.6 Å². The predicted octanol–water partition coefficient (Wildman–Crippen LogP) is 2.79. The van der Waals surface area contributed by atoms with Gasteiger partial charge in [-0.05, 0) is 24.5 Å². The molecule has 0 aliphatic carbocycles. The summed E-state index contributed by atoms with van der Waals surface area (Å²) < 4.78 is 33.7. The zero-order chi connectivity index (χ0) is 24.8. The number of carboxylic acid groups (broad SMARTS) is 1.